The molecule has 1 atom stereocenters. The monoisotopic (exact) mass is 246 g/mol. The number of hydrogen-bond donors (Lipinski definition) is 0. The first-order valence-corrected chi connectivity index (χ1v) is 7.28. The van der Waals surface area contributed by atoms with Gasteiger partial charge < -0.3 is 9.80 Å². The molecule has 1 aromatic rings. The second kappa shape index (κ2) is 5.75. The molecule has 18 heavy (non-hydrogen) atoms. The highest BCUT2D eigenvalue weighted by Crippen LogP contribution is 2.35. The Morgan fingerprint density at radius 2 is 1.78 bits per heavy atom. The van der Waals surface area contributed by atoms with E-state index in [1.54, 1.807) is 16.8 Å². The van der Waals surface area contributed by atoms with Gasteiger partial charge in [-0.05, 0) is 44.5 Å². The van der Waals surface area contributed by atoms with Crippen molar-refractivity contribution in [3.63, 3.8) is 0 Å². The SMILES string of the molecule is CC.CN(C)C1CCc2cccc3c2N(CC3)C1. The molecule has 2 aliphatic rings. The van der Waals surface area contributed by atoms with Gasteiger partial charge in [0.1, 0.15) is 0 Å². The fourth-order valence-electron chi connectivity index (χ4n) is 3.09. The average molecular weight is 246 g/mol. The fraction of sp³-hybridized carbons (Fsp3) is 0.625. The average Bonchev–Trinajstić information content (AvgIpc) is 2.69. The molecule has 2 aliphatic heterocycles. The predicted octanol–water partition coefficient (Wildman–Crippen LogP) is 2.95. The van der Waals surface area contributed by atoms with Crippen molar-refractivity contribution in [3.8, 4) is 0 Å². The van der Waals surface area contributed by atoms with E-state index >= 15 is 0 Å². The van der Waals surface area contributed by atoms with Crippen LogP contribution in [0.2, 0.25) is 0 Å². The maximum atomic E-state index is 2.60. The van der Waals surface area contributed by atoms with E-state index in [0.29, 0.717) is 6.04 Å². The van der Waals surface area contributed by atoms with Crippen molar-refractivity contribution < 1.29 is 0 Å². The Hall–Kier alpha value is -1.02. The Bertz CT molecular complexity index is 398. The Morgan fingerprint density at radius 3 is 2.44 bits per heavy atom. The zero-order valence-electron chi connectivity index (χ0n) is 12.2. The van der Waals surface area contributed by atoms with E-state index in [0.717, 1.165) is 0 Å². The van der Waals surface area contributed by atoms with Crippen LogP contribution in [-0.4, -0.2) is 38.1 Å². The molecule has 0 N–H and O–H groups in total. The first kappa shape index (κ1) is 13.4. The summed E-state index contributed by atoms with van der Waals surface area (Å²) in [6.07, 6.45) is 3.77. The minimum atomic E-state index is 0.707. The van der Waals surface area contributed by atoms with E-state index in [4.69, 9.17) is 0 Å². The van der Waals surface area contributed by atoms with Crippen LogP contribution in [0.25, 0.3) is 0 Å². The van der Waals surface area contributed by atoms with Gasteiger partial charge in [-0.1, -0.05) is 32.0 Å². The lowest BCUT2D eigenvalue weighted by atomic mass is 10.0. The van der Waals surface area contributed by atoms with Crippen molar-refractivity contribution in [2.45, 2.75) is 39.2 Å². The van der Waals surface area contributed by atoms with Crippen LogP contribution in [0.3, 0.4) is 0 Å². The summed E-state index contributed by atoms with van der Waals surface area (Å²) in [5.74, 6) is 0. The molecule has 100 valence electrons. The molecule has 0 aliphatic carbocycles. The summed E-state index contributed by atoms with van der Waals surface area (Å²) in [4.78, 5) is 4.98. The number of para-hydroxylation sites is 1. The van der Waals surface area contributed by atoms with Crippen LogP contribution in [0.15, 0.2) is 18.2 Å². The second-order valence-corrected chi connectivity index (χ2v) is 5.28. The zero-order chi connectivity index (χ0) is 13.1. The van der Waals surface area contributed by atoms with Crippen LogP contribution in [0.4, 0.5) is 5.69 Å². The van der Waals surface area contributed by atoms with Gasteiger partial charge in [0.25, 0.3) is 0 Å². The summed E-state index contributed by atoms with van der Waals surface area (Å²) in [6.45, 7) is 6.42. The van der Waals surface area contributed by atoms with Crippen molar-refractivity contribution in [3.05, 3.63) is 29.3 Å². The Kier molecular flexibility index (Phi) is 4.28. The van der Waals surface area contributed by atoms with Gasteiger partial charge in [0.2, 0.25) is 0 Å². The van der Waals surface area contributed by atoms with Crippen LogP contribution >= 0.6 is 0 Å². The molecule has 0 saturated carbocycles. The molecule has 0 saturated heterocycles. The van der Waals surface area contributed by atoms with Crippen LogP contribution < -0.4 is 4.90 Å². The molecule has 3 rings (SSSR count). The van der Waals surface area contributed by atoms with Crippen molar-refractivity contribution in [1.29, 1.82) is 0 Å². The van der Waals surface area contributed by atoms with Gasteiger partial charge in [-0.3, -0.25) is 0 Å². The van der Waals surface area contributed by atoms with E-state index in [1.807, 2.05) is 13.8 Å². The lowest BCUT2D eigenvalue weighted by molar-refractivity contribution is 0.284. The standard InChI is InChI=1S/C14H20N2.C2H6/c1-15(2)13-7-6-11-4-3-5-12-8-9-16(10-13)14(11)12;1-2/h3-5,13H,6-10H2,1-2H3;1-2H3. The molecule has 0 bridgehead atoms. The third kappa shape index (κ3) is 2.39. The van der Waals surface area contributed by atoms with E-state index in [2.05, 4.69) is 42.1 Å². The Labute approximate surface area is 112 Å². The minimum absolute atomic E-state index is 0.707. The van der Waals surface area contributed by atoms with Gasteiger partial charge >= 0.3 is 0 Å². The number of anilines is 1. The molecule has 0 spiro atoms. The van der Waals surface area contributed by atoms with E-state index in [-0.39, 0.29) is 0 Å². The first-order valence-electron chi connectivity index (χ1n) is 7.28. The number of likely N-dealkylation sites (N-methyl/N-ethyl adjacent to an activating group) is 1. The number of nitrogens with zero attached hydrogens (tertiary/aromatic N) is 2. The molecule has 2 heterocycles. The van der Waals surface area contributed by atoms with E-state index in [1.165, 1.54) is 32.4 Å². The van der Waals surface area contributed by atoms with Gasteiger partial charge in [-0.25, -0.2) is 0 Å². The molecule has 2 heteroatoms. The Balaban J connectivity index is 0.000000574. The molecule has 0 fully saturated rings. The van der Waals surface area contributed by atoms with E-state index < -0.39 is 0 Å². The molecule has 1 unspecified atom stereocenters. The van der Waals surface area contributed by atoms with Crippen LogP contribution in [0.1, 0.15) is 31.4 Å². The molecule has 2 nitrogen and oxygen atoms in total. The van der Waals surface area contributed by atoms with Gasteiger partial charge in [-0.15, -0.1) is 0 Å². The highest BCUT2D eigenvalue weighted by atomic mass is 15.2. The van der Waals surface area contributed by atoms with Gasteiger partial charge in [0.05, 0.1) is 0 Å². The Morgan fingerprint density at radius 1 is 1.11 bits per heavy atom. The van der Waals surface area contributed by atoms with Gasteiger partial charge in [-0.2, -0.15) is 0 Å². The lowest BCUT2D eigenvalue weighted by Gasteiger charge is -2.28. The zero-order valence-corrected chi connectivity index (χ0v) is 12.2. The fourth-order valence-corrected chi connectivity index (χ4v) is 3.09. The maximum Gasteiger partial charge on any atom is 0.0432 e. The highest BCUT2D eigenvalue weighted by molar-refractivity contribution is 5.64. The number of aryl methyl sites for hydroxylation is 1. The van der Waals surface area contributed by atoms with Gasteiger partial charge in [0.15, 0.2) is 0 Å². The number of benzene rings is 1. The lowest BCUT2D eigenvalue weighted by Crippen LogP contribution is -2.38. The quantitative estimate of drug-likeness (QED) is 0.751. The number of rotatable bonds is 1. The third-order valence-corrected chi connectivity index (χ3v) is 4.08. The number of hydrogen-bond acceptors (Lipinski definition) is 2. The van der Waals surface area contributed by atoms with Crippen molar-refractivity contribution in [2.75, 3.05) is 32.1 Å². The van der Waals surface area contributed by atoms with Crippen molar-refractivity contribution in [2.24, 2.45) is 0 Å². The van der Waals surface area contributed by atoms with Crippen molar-refractivity contribution in [1.82, 2.24) is 4.90 Å². The van der Waals surface area contributed by atoms with Crippen LogP contribution in [0.5, 0.6) is 0 Å². The summed E-state index contributed by atoms with van der Waals surface area (Å²) in [6, 6.07) is 7.55. The molecular formula is C16H26N2. The van der Waals surface area contributed by atoms with Gasteiger partial charge in [0, 0.05) is 24.8 Å². The minimum Gasteiger partial charge on any atom is -0.369 e. The third-order valence-electron chi connectivity index (χ3n) is 4.08. The molecule has 0 radical (unpaired) electrons. The maximum absolute atomic E-state index is 2.60. The molecule has 0 aromatic heterocycles. The van der Waals surface area contributed by atoms with Crippen LogP contribution in [0, 0.1) is 0 Å². The summed E-state index contributed by atoms with van der Waals surface area (Å²) < 4.78 is 0. The second-order valence-electron chi connectivity index (χ2n) is 5.28. The molecule has 0 amide bonds. The summed E-state index contributed by atoms with van der Waals surface area (Å²) in [5, 5.41) is 0. The largest absolute Gasteiger partial charge is 0.369 e. The molecule has 1 aromatic carbocycles. The normalized spacial score (nSPS) is 21.2. The van der Waals surface area contributed by atoms with E-state index in [9.17, 15) is 0 Å². The summed E-state index contributed by atoms with van der Waals surface area (Å²) in [7, 11) is 4.41. The predicted molar refractivity (Wildman–Crippen MR) is 79.5 cm³/mol. The topological polar surface area (TPSA) is 6.48 Å². The highest BCUT2D eigenvalue weighted by Gasteiger charge is 2.28. The smallest absolute Gasteiger partial charge is 0.0432 e. The van der Waals surface area contributed by atoms with Crippen molar-refractivity contribution >= 4 is 5.69 Å². The summed E-state index contributed by atoms with van der Waals surface area (Å²) in [5.41, 5.74) is 4.70. The van der Waals surface area contributed by atoms with Crippen LogP contribution in [-0.2, 0) is 12.8 Å². The first-order chi connectivity index (χ1) is 8.75. The molecular weight excluding hydrogens is 220 g/mol. The summed E-state index contributed by atoms with van der Waals surface area (Å²) >= 11 is 0.